The van der Waals surface area contributed by atoms with Crippen LogP contribution >= 0.6 is 11.3 Å². The van der Waals surface area contributed by atoms with Crippen LogP contribution in [-0.2, 0) is 6.42 Å². The Hall–Kier alpha value is -0.340. The molecular weight excluding hydrogens is 190 g/mol. The summed E-state index contributed by atoms with van der Waals surface area (Å²) in [6.45, 7) is 2.22. The van der Waals surface area contributed by atoms with Crippen LogP contribution in [-0.4, -0.2) is 6.04 Å². The van der Waals surface area contributed by atoms with Gasteiger partial charge in [-0.25, -0.2) is 0 Å². The van der Waals surface area contributed by atoms with Gasteiger partial charge in [0.15, 0.2) is 0 Å². The maximum Gasteiger partial charge on any atom is 0.0108 e. The van der Waals surface area contributed by atoms with Crippen molar-refractivity contribution < 1.29 is 0 Å². The zero-order valence-electron chi connectivity index (χ0n) is 8.83. The molecule has 2 atom stereocenters. The second kappa shape index (κ2) is 4.45. The first kappa shape index (κ1) is 10.2. The molecule has 0 spiro atoms. The predicted molar refractivity (Wildman–Crippen MR) is 62.9 cm³/mol. The van der Waals surface area contributed by atoms with Gasteiger partial charge in [-0.1, -0.05) is 13.3 Å². The van der Waals surface area contributed by atoms with Gasteiger partial charge >= 0.3 is 0 Å². The van der Waals surface area contributed by atoms with Crippen molar-refractivity contribution in [3.63, 3.8) is 0 Å². The molecule has 0 saturated heterocycles. The van der Waals surface area contributed by atoms with Gasteiger partial charge in [-0.05, 0) is 42.7 Å². The first-order chi connectivity index (χ1) is 6.83. The molecule has 1 aliphatic carbocycles. The Labute approximate surface area is 90.3 Å². The average Bonchev–Trinajstić information content (AvgIpc) is 2.65. The Morgan fingerprint density at radius 3 is 3.29 bits per heavy atom. The summed E-state index contributed by atoms with van der Waals surface area (Å²) in [5.74, 6) is 0.643. The maximum atomic E-state index is 6.24. The third-order valence-corrected chi connectivity index (χ3v) is 4.23. The minimum Gasteiger partial charge on any atom is -0.327 e. The van der Waals surface area contributed by atoms with Gasteiger partial charge in [-0.2, -0.15) is 0 Å². The second-order valence-corrected chi connectivity index (χ2v) is 5.25. The zero-order chi connectivity index (χ0) is 9.97. The summed E-state index contributed by atoms with van der Waals surface area (Å²) in [7, 11) is 0. The summed E-state index contributed by atoms with van der Waals surface area (Å²) in [5.41, 5.74) is 7.80. The van der Waals surface area contributed by atoms with Crippen molar-refractivity contribution in [2.75, 3.05) is 0 Å². The second-order valence-electron chi connectivity index (χ2n) is 4.25. The van der Waals surface area contributed by atoms with E-state index in [0.717, 1.165) is 0 Å². The van der Waals surface area contributed by atoms with Crippen LogP contribution in [0.15, 0.2) is 11.4 Å². The van der Waals surface area contributed by atoms with Gasteiger partial charge in [0.1, 0.15) is 0 Å². The molecule has 1 nitrogen and oxygen atoms in total. The first-order valence-corrected chi connectivity index (χ1v) is 6.52. The van der Waals surface area contributed by atoms with Gasteiger partial charge in [-0.15, -0.1) is 11.3 Å². The van der Waals surface area contributed by atoms with Crippen molar-refractivity contribution in [1.82, 2.24) is 0 Å². The van der Waals surface area contributed by atoms with Crippen molar-refractivity contribution in [3.8, 4) is 0 Å². The fourth-order valence-corrected chi connectivity index (χ4v) is 3.50. The van der Waals surface area contributed by atoms with Crippen molar-refractivity contribution in [1.29, 1.82) is 0 Å². The van der Waals surface area contributed by atoms with E-state index in [4.69, 9.17) is 5.73 Å². The van der Waals surface area contributed by atoms with Gasteiger partial charge in [0.25, 0.3) is 0 Å². The van der Waals surface area contributed by atoms with E-state index in [2.05, 4.69) is 18.4 Å². The summed E-state index contributed by atoms with van der Waals surface area (Å²) < 4.78 is 0. The molecule has 0 fully saturated rings. The number of rotatable bonds is 3. The summed E-state index contributed by atoms with van der Waals surface area (Å²) >= 11 is 1.91. The molecule has 1 aliphatic rings. The summed E-state index contributed by atoms with van der Waals surface area (Å²) in [5, 5.41) is 2.22. The lowest BCUT2D eigenvalue weighted by molar-refractivity contribution is 0.442. The van der Waals surface area contributed by atoms with Gasteiger partial charge < -0.3 is 5.73 Å². The molecule has 1 aromatic rings. The van der Waals surface area contributed by atoms with Crippen molar-refractivity contribution >= 4 is 11.3 Å². The van der Waals surface area contributed by atoms with Gasteiger partial charge in [0.2, 0.25) is 0 Å². The Kier molecular flexibility index (Phi) is 3.24. The lowest BCUT2D eigenvalue weighted by Crippen LogP contribution is -2.30. The topological polar surface area (TPSA) is 26.0 Å². The largest absolute Gasteiger partial charge is 0.327 e. The zero-order valence-corrected chi connectivity index (χ0v) is 9.65. The number of thiophene rings is 1. The molecule has 0 bridgehead atoms. The molecule has 1 heterocycles. The van der Waals surface area contributed by atoms with Gasteiger partial charge in [0, 0.05) is 16.8 Å². The smallest absolute Gasteiger partial charge is 0.0108 e. The first-order valence-electron chi connectivity index (χ1n) is 5.64. The number of nitrogens with two attached hydrogens (primary N) is 1. The van der Waals surface area contributed by atoms with Crippen LogP contribution in [0, 0.1) is 0 Å². The van der Waals surface area contributed by atoms with Crippen LogP contribution in [0.2, 0.25) is 0 Å². The van der Waals surface area contributed by atoms with Crippen LogP contribution in [0.25, 0.3) is 0 Å². The normalized spacial score (nSPS) is 23.1. The van der Waals surface area contributed by atoms with E-state index in [0.29, 0.717) is 12.0 Å². The van der Waals surface area contributed by atoms with Crippen molar-refractivity contribution in [3.05, 3.63) is 21.9 Å². The van der Waals surface area contributed by atoms with Crippen molar-refractivity contribution in [2.45, 2.75) is 51.0 Å². The van der Waals surface area contributed by atoms with Crippen LogP contribution in [0.1, 0.15) is 49.0 Å². The molecule has 2 heteroatoms. The molecule has 0 aromatic carbocycles. The highest BCUT2D eigenvalue weighted by atomic mass is 32.1. The van der Waals surface area contributed by atoms with Crippen LogP contribution in [0.3, 0.4) is 0 Å². The molecule has 0 radical (unpaired) electrons. The molecule has 2 unspecified atom stereocenters. The van der Waals surface area contributed by atoms with E-state index in [-0.39, 0.29) is 0 Å². The van der Waals surface area contributed by atoms with Gasteiger partial charge in [-0.3, -0.25) is 0 Å². The third-order valence-electron chi connectivity index (χ3n) is 3.24. The minimum absolute atomic E-state index is 0.383. The van der Waals surface area contributed by atoms with E-state index in [1.165, 1.54) is 32.1 Å². The Bertz CT molecular complexity index is 292. The highest BCUT2D eigenvalue weighted by Gasteiger charge is 2.25. The van der Waals surface area contributed by atoms with E-state index >= 15 is 0 Å². The number of fused-ring (bicyclic) bond motifs is 1. The molecule has 0 aliphatic heterocycles. The SMILES string of the molecule is CCCC(N)C1CCCc2sccc21. The standard InChI is InChI=1S/C12H19NS/c1-2-4-11(13)9-5-3-6-12-10(9)7-8-14-12/h7-9,11H,2-6,13H2,1H3. The quantitative estimate of drug-likeness (QED) is 0.812. The van der Waals surface area contributed by atoms with E-state index in [1.807, 2.05) is 11.3 Å². The van der Waals surface area contributed by atoms with E-state index in [1.54, 1.807) is 10.4 Å². The molecule has 2 rings (SSSR count). The Morgan fingerprint density at radius 2 is 2.50 bits per heavy atom. The highest BCUT2D eigenvalue weighted by Crippen LogP contribution is 2.37. The lowest BCUT2D eigenvalue weighted by atomic mass is 9.81. The monoisotopic (exact) mass is 209 g/mol. The highest BCUT2D eigenvalue weighted by molar-refractivity contribution is 7.10. The molecule has 0 amide bonds. The predicted octanol–water partition coefficient (Wildman–Crippen LogP) is 3.30. The fourth-order valence-electron chi connectivity index (χ4n) is 2.50. The molecule has 2 N–H and O–H groups in total. The fraction of sp³-hybridized carbons (Fsp3) is 0.667. The summed E-state index contributed by atoms with van der Waals surface area (Å²) in [4.78, 5) is 1.59. The molecule has 0 saturated carbocycles. The van der Waals surface area contributed by atoms with Crippen LogP contribution in [0.5, 0.6) is 0 Å². The van der Waals surface area contributed by atoms with Crippen LogP contribution in [0.4, 0.5) is 0 Å². The molecule has 1 aromatic heterocycles. The van der Waals surface area contributed by atoms with E-state index in [9.17, 15) is 0 Å². The summed E-state index contributed by atoms with van der Waals surface area (Å²) in [6.07, 6.45) is 6.28. The number of hydrogen-bond donors (Lipinski definition) is 1. The minimum atomic E-state index is 0.383. The third kappa shape index (κ3) is 1.86. The average molecular weight is 209 g/mol. The van der Waals surface area contributed by atoms with E-state index < -0.39 is 0 Å². The number of hydrogen-bond acceptors (Lipinski definition) is 2. The van der Waals surface area contributed by atoms with Crippen LogP contribution < -0.4 is 5.73 Å². The Balaban J connectivity index is 2.15. The van der Waals surface area contributed by atoms with Crippen molar-refractivity contribution in [2.24, 2.45) is 5.73 Å². The molecular formula is C12H19NS. The Morgan fingerprint density at radius 1 is 1.64 bits per heavy atom. The molecule has 78 valence electrons. The molecule has 14 heavy (non-hydrogen) atoms. The van der Waals surface area contributed by atoms with Gasteiger partial charge in [0.05, 0.1) is 0 Å². The summed E-state index contributed by atoms with van der Waals surface area (Å²) in [6, 6.07) is 2.67. The number of aryl methyl sites for hydroxylation is 1. The lowest BCUT2D eigenvalue weighted by Gasteiger charge is -2.27. The maximum absolute atomic E-state index is 6.24.